The SMILES string of the molecule is C=CCN(C1C=CC(N(C2C=CC(N(C3C=CC(O)C3)S(=O)(=O)c3ccc(C)cc3)C2)S(=O)(=O)c2ccc(C)cc2)C1)S(=O)(=O)c1ccc(C)cc1. The van der Waals surface area contributed by atoms with Gasteiger partial charge in [-0.2, -0.15) is 12.9 Å². The van der Waals surface area contributed by atoms with Crippen LogP contribution in [0.4, 0.5) is 0 Å². The summed E-state index contributed by atoms with van der Waals surface area (Å²) in [4.78, 5) is 0.309. The van der Waals surface area contributed by atoms with E-state index in [-0.39, 0.29) is 40.5 Å². The zero-order chi connectivity index (χ0) is 37.4. The van der Waals surface area contributed by atoms with Crippen molar-refractivity contribution in [3.05, 3.63) is 139 Å². The van der Waals surface area contributed by atoms with E-state index in [4.69, 9.17) is 0 Å². The summed E-state index contributed by atoms with van der Waals surface area (Å²) in [7, 11) is -12.2. The Balaban J connectivity index is 1.35. The van der Waals surface area contributed by atoms with Gasteiger partial charge in [0.25, 0.3) is 0 Å². The van der Waals surface area contributed by atoms with Crippen molar-refractivity contribution >= 4 is 30.1 Å². The molecule has 276 valence electrons. The van der Waals surface area contributed by atoms with Crippen LogP contribution < -0.4 is 0 Å². The van der Waals surface area contributed by atoms with E-state index in [0.29, 0.717) is 0 Å². The van der Waals surface area contributed by atoms with Gasteiger partial charge in [0, 0.05) is 36.8 Å². The highest BCUT2D eigenvalue weighted by Gasteiger charge is 2.46. The molecule has 0 amide bonds. The van der Waals surface area contributed by atoms with Crippen molar-refractivity contribution in [1.29, 1.82) is 0 Å². The quantitative estimate of drug-likeness (QED) is 0.235. The molecular formula is C39H45N3O7S3. The standard InChI is InChI=1S/C39H45N3O7S3/c1-5-24-40(50(44,45)37-18-6-28(2)7-19-37)31-12-13-32(25-31)41(51(46,47)38-20-8-29(3)9-21-38)33-14-15-34(26-33)42(35-16-17-36(43)27-35)52(48,49)39-22-10-30(4)11-23-39/h5-23,31-36,43H,1,24-27H2,2-4H3. The van der Waals surface area contributed by atoms with Crippen LogP contribution in [0, 0.1) is 20.8 Å². The molecule has 3 aliphatic carbocycles. The van der Waals surface area contributed by atoms with E-state index in [1.165, 1.54) is 19.0 Å². The average Bonchev–Trinajstić information content (AvgIpc) is 3.87. The lowest BCUT2D eigenvalue weighted by atomic mass is 10.1. The van der Waals surface area contributed by atoms with E-state index in [0.717, 1.165) is 16.7 Å². The first kappa shape index (κ1) is 38.0. The smallest absolute Gasteiger partial charge is 0.244 e. The summed E-state index contributed by atoms with van der Waals surface area (Å²) >= 11 is 0. The van der Waals surface area contributed by atoms with Crippen LogP contribution in [0.2, 0.25) is 0 Å². The van der Waals surface area contributed by atoms with Crippen molar-refractivity contribution in [2.75, 3.05) is 6.54 Å². The highest BCUT2D eigenvalue weighted by molar-refractivity contribution is 7.89. The lowest BCUT2D eigenvalue weighted by Gasteiger charge is -2.36. The summed E-state index contributed by atoms with van der Waals surface area (Å²) in [6.07, 6.45) is 11.3. The van der Waals surface area contributed by atoms with Gasteiger partial charge in [-0.1, -0.05) is 95.6 Å². The fourth-order valence-corrected chi connectivity index (χ4v) is 12.3. The fourth-order valence-electron chi connectivity index (χ4n) is 7.21. The van der Waals surface area contributed by atoms with Gasteiger partial charge in [0.15, 0.2) is 0 Å². The predicted molar refractivity (Wildman–Crippen MR) is 202 cm³/mol. The summed E-state index contributed by atoms with van der Waals surface area (Å²) in [5.41, 5.74) is 2.71. The van der Waals surface area contributed by atoms with E-state index in [9.17, 15) is 30.4 Å². The molecule has 6 unspecified atom stereocenters. The molecule has 0 bridgehead atoms. The Morgan fingerprint density at radius 3 is 1.23 bits per heavy atom. The Morgan fingerprint density at radius 2 is 0.865 bits per heavy atom. The van der Waals surface area contributed by atoms with E-state index >= 15 is 0 Å². The maximum absolute atomic E-state index is 14.6. The van der Waals surface area contributed by atoms with Gasteiger partial charge in [-0.3, -0.25) is 0 Å². The highest BCUT2D eigenvalue weighted by Crippen LogP contribution is 2.38. The lowest BCUT2D eigenvalue weighted by molar-refractivity contribution is 0.188. The van der Waals surface area contributed by atoms with Gasteiger partial charge in [0.05, 0.1) is 20.8 Å². The second-order valence-electron chi connectivity index (χ2n) is 13.7. The predicted octanol–water partition coefficient (Wildman–Crippen LogP) is 5.25. The number of aliphatic hydroxyl groups excluding tert-OH is 1. The number of benzene rings is 3. The second-order valence-corrected chi connectivity index (χ2v) is 19.3. The van der Waals surface area contributed by atoms with Crippen molar-refractivity contribution < 1.29 is 30.4 Å². The molecule has 0 saturated carbocycles. The van der Waals surface area contributed by atoms with Gasteiger partial charge < -0.3 is 5.11 Å². The third-order valence-electron chi connectivity index (χ3n) is 9.92. The van der Waals surface area contributed by atoms with Gasteiger partial charge in [-0.25, -0.2) is 25.3 Å². The van der Waals surface area contributed by atoms with Crippen LogP contribution in [-0.4, -0.2) is 86.1 Å². The molecular weight excluding hydrogens is 719 g/mol. The van der Waals surface area contributed by atoms with Crippen LogP contribution in [0.1, 0.15) is 36.0 Å². The van der Waals surface area contributed by atoms with Gasteiger partial charge in [0.1, 0.15) is 0 Å². The Bertz CT molecular complexity index is 2200. The van der Waals surface area contributed by atoms with Crippen molar-refractivity contribution in [3.8, 4) is 0 Å². The third-order valence-corrected chi connectivity index (χ3v) is 15.8. The molecule has 0 aromatic heterocycles. The number of hydrogen-bond donors (Lipinski definition) is 1. The monoisotopic (exact) mass is 763 g/mol. The highest BCUT2D eigenvalue weighted by atomic mass is 32.2. The number of aliphatic hydroxyl groups is 1. The molecule has 3 aromatic rings. The summed E-state index contributed by atoms with van der Waals surface area (Å²) in [5.74, 6) is 0. The Hall–Kier alpha value is -3.69. The van der Waals surface area contributed by atoms with Crippen LogP contribution in [0.3, 0.4) is 0 Å². The van der Waals surface area contributed by atoms with Crippen LogP contribution in [0.5, 0.6) is 0 Å². The molecule has 6 rings (SSSR count). The molecule has 3 aliphatic rings. The van der Waals surface area contributed by atoms with Crippen molar-refractivity contribution in [1.82, 2.24) is 12.9 Å². The summed E-state index contributed by atoms with van der Waals surface area (Å²) < 4.78 is 89.8. The fraction of sp³-hybridized carbons (Fsp3) is 0.333. The molecule has 13 heteroatoms. The number of rotatable bonds is 13. The van der Waals surface area contributed by atoms with Gasteiger partial charge >= 0.3 is 0 Å². The third kappa shape index (κ3) is 7.54. The second kappa shape index (κ2) is 15.0. The van der Waals surface area contributed by atoms with Crippen molar-refractivity contribution in [2.45, 2.75) is 91.0 Å². The van der Waals surface area contributed by atoms with E-state index < -0.39 is 66.4 Å². The van der Waals surface area contributed by atoms with Crippen LogP contribution in [0.15, 0.2) is 137 Å². The van der Waals surface area contributed by atoms with E-state index in [1.807, 2.05) is 20.8 Å². The maximum Gasteiger partial charge on any atom is 0.244 e. The largest absolute Gasteiger partial charge is 0.389 e. The average molecular weight is 764 g/mol. The van der Waals surface area contributed by atoms with Crippen LogP contribution in [-0.2, 0) is 30.1 Å². The topological polar surface area (TPSA) is 132 Å². The van der Waals surface area contributed by atoms with E-state index in [1.54, 1.807) is 109 Å². The normalized spacial score (nSPS) is 24.8. The van der Waals surface area contributed by atoms with Crippen LogP contribution in [0.25, 0.3) is 0 Å². The molecule has 3 aromatic carbocycles. The van der Waals surface area contributed by atoms with Crippen molar-refractivity contribution in [2.24, 2.45) is 0 Å². The lowest BCUT2D eigenvalue weighted by Crippen LogP contribution is -2.49. The molecule has 0 radical (unpaired) electrons. The zero-order valence-corrected chi connectivity index (χ0v) is 31.9. The van der Waals surface area contributed by atoms with Crippen LogP contribution >= 0.6 is 0 Å². The maximum atomic E-state index is 14.6. The molecule has 0 spiro atoms. The molecule has 6 atom stereocenters. The molecule has 10 nitrogen and oxygen atoms in total. The molecule has 1 N–H and O–H groups in total. The molecule has 0 heterocycles. The minimum atomic E-state index is -4.19. The Morgan fingerprint density at radius 1 is 0.538 bits per heavy atom. The molecule has 0 saturated heterocycles. The summed E-state index contributed by atoms with van der Waals surface area (Å²) in [6.45, 7) is 9.41. The minimum Gasteiger partial charge on any atom is -0.389 e. The van der Waals surface area contributed by atoms with Gasteiger partial charge in [-0.15, -0.1) is 6.58 Å². The number of hydrogen-bond acceptors (Lipinski definition) is 7. The first-order chi connectivity index (χ1) is 24.6. The number of sulfonamides is 3. The summed E-state index contributed by atoms with van der Waals surface area (Å²) in [6, 6.07) is 16.1. The Kier molecular flexibility index (Phi) is 11.0. The van der Waals surface area contributed by atoms with E-state index in [2.05, 4.69) is 6.58 Å². The molecule has 52 heavy (non-hydrogen) atoms. The molecule has 0 aliphatic heterocycles. The minimum absolute atomic E-state index is 0.0145. The van der Waals surface area contributed by atoms with Gasteiger partial charge in [-0.05, 0) is 76.4 Å². The van der Waals surface area contributed by atoms with Crippen molar-refractivity contribution in [3.63, 3.8) is 0 Å². The number of nitrogens with zero attached hydrogens (tertiary/aromatic N) is 3. The summed E-state index contributed by atoms with van der Waals surface area (Å²) in [5, 5.41) is 10.4. The molecule has 0 fully saturated rings. The number of aryl methyl sites for hydroxylation is 3. The van der Waals surface area contributed by atoms with Gasteiger partial charge in [0.2, 0.25) is 30.1 Å². The zero-order valence-electron chi connectivity index (χ0n) is 29.4. The first-order valence-corrected chi connectivity index (χ1v) is 21.6. The Labute approximate surface area is 308 Å². The first-order valence-electron chi connectivity index (χ1n) is 17.3.